The third-order valence-corrected chi connectivity index (χ3v) is 3.84. The van der Waals surface area contributed by atoms with Gasteiger partial charge in [-0.15, -0.1) is 0 Å². The number of benzene rings is 1. The number of carbonyl (C=O) groups excluding carboxylic acids is 1. The van der Waals surface area contributed by atoms with Crippen molar-refractivity contribution in [3.05, 3.63) is 33.8 Å². The summed E-state index contributed by atoms with van der Waals surface area (Å²) in [6, 6.07) is 2.93. The van der Waals surface area contributed by atoms with Gasteiger partial charge in [0.15, 0.2) is 0 Å². The number of rotatable bonds is 1. The van der Waals surface area contributed by atoms with Crippen LogP contribution >= 0.6 is 15.9 Å². The topological polar surface area (TPSA) is 29.5 Å². The van der Waals surface area contributed by atoms with Crippen molar-refractivity contribution in [3.63, 3.8) is 0 Å². The number of ether oxygens (including phenoxy) is 1. The smallest absolute Gasteiger partial charge is 0.377 e. The Kier molecular flexibility index (Phi) is 4.39. The van der Waals surface area contributed by atoms with E-state index < -0.39 is 17.6 Å². The lowest BCUT2D eigenvalue weighted by Gasteiger charge is -2.33. The Morgan fingerprint density at radius 2 is 2.15 bits per heavy atom. The summed E-state index contributed by atoms with van der Waals surface area (Å²) in [4.78, 5) is 13.9. The molecule has 7 heteroatoms. The summed E-state index contributed by atoms with van der Waals surface area (Å²) < 4.78 is 43.7. The minimum atomic E-state index is -4.47. The van der Waals surface area contributed by atoms with Gasteiger partial charge in [0.2, 0.25) is 0 Å². The molecular formula is C13H13BrF3NO2. The molecule has 1 fully saturated rings. The highest BCUT2D eigenvalue weighted by Crippen LogP contribution is 2.32. The fraction of sp³-hybridized carbons (Fsp3) is 0.462. The molecule has 1 aromatic rings. The molecule has 0 aromatic heterocycles. The third-order valence-electron chi connectivity index (χ3n) is 3.15. The number of hydrogen-bond acceptors (Lipinski definition) is 2. The highest BCUT2D eigenvalue weighted by Gasteiger charge is 2.33. The molecule has 20 heavy (non-hydrogen) atoms. The fourth-order valence-corrected chi connectivity index (χ4v) is 2.47. The van der Waals surface area contributed by atoms with E-state index in [0.717, 1.165) is 12.1 Å². The molecule has 0 spiro atoms. The lowest BCUT2D eigenvalue weighted by Crippen LogP contribution is -2.47. The van der Waals surface area contributed by atoms with Crippen LogP contribution < -0.4 is 0 Å². The molecule has 0 aliphatic carbocycles. The predicted molar refractivity (Wildman–Crippen MR) is 70.5 cm³/mol. The van der Waals surface area contributed by atoms with E-state index in [1.807, 2.05) is 0 Å². The van der Waals surface area contributed by atoms with Gasteiger partial charge in [-0.05, 0) is 41.1 Å². The van der Waals surface area contributed by atoms with Crippen LogP contribution in [0.3, 0.4) is 0 Å². The van der Waals surface area contributed by atoms with Crippen LogP contribution in [0.2, 0.25) is 0 Å². The molecule has 0 radical (unpaired) electrons. The van der Waals surface area contributed by atoms with Crippen LogP contribution in [-0.2, 0) is 10.9 Å². The molecule has 1 saturated heterocycles. The fourth-order valence-electron chi connectivity index (χ4n) is 2.05. The Morgan fingerprint density at radius 1 is 1.45 bits per heavy atom. The molecule has 1 aliphatic heterocycles. The first-order chi connectivity index (χ1) is 9.30. The summed E-state index contributed by atoms with van der Waals surface area (Å²) in [5.41, 5.74) is -0.807. The molecule has 0 bridgehead atoms. The maximum atomic E-state index is 12.7. The zero-order chi connectivity index (χ0) is 14.9. The summed E-state index contributed by atoms with van der Waals surface area (Å²) >= 11 is 3.14. The van der Waals surface area contributed by atoms with Crippen LogP contribution in [0.15, 0.2) is 22.7 Å². The third kappa shape index (κ3) is 3.15. The zero-order valence-corrected chi connectivity index (χ0v) is 12.3. The van der Waals surface area contributed by atoms with E-state index in [4.69, 9.17) is 4.74 Å². The number of halogens is 4. The van der Waals surface area contributed by atoms with Gasteiger partial charge in [0.25, 0.3) is 5.91 Å². The van der Waals surface area contributed by atoms with E-state index >= 15 is 0 Å². The lowest BCUT2D eigenvalue weighted by atomic mass is 10.1. The molecule has 1 aromatic carbocycles. The second kappa shape index (κ2) is 5.73. The second-order valence-electron chi connectivity index (χ2n) is 4.61. The SMILES string of the molecule is C[C@@H]1COCCN1C(=O)c1cc(C(F)(F)F)ccc1Br. The van der Waals surface area contributed by atoms with Crippen LogP contribution in [0.5, 0.6) is 0 Å². The van der Waals surface area contributed by atoms with Crippen molar-refractivity contribution >= 4 is 21.8 Å². The standard InChI is InChI=1S/C13H13BrF3NO2/c1-8-7-20-5-4-18(8)12(19)10-6-9(13(15,16)17)2-3-11(10)14/h2-3,6,8H,4-5,7H2,1H3/t8-/m1/s1. The van der Waals surface area contributed by atoms with Gasteiger partial charge >= 0.3 is 6.18 Å². The molecule has 1 amide bonds. The van der Waals surface area contributed by atoms with Crippen molar-refractivity contribution in [2.45, 2.75) is 19.1 Å². The number of carbonyl (C=O) groups is 1. The van der Waals surface area contributed by atoms with Gasteiger partial charge in [-0.1, -0.05) is 0 Å². The highest BCUT2D eigenvalue weighted by atomic mass is 79.9. The Bertz CT molecular complexity index is 519. The summed E-state index contributed by atoms with van der Waals surface area (Å²) in [7, 11) is 0. The van der Waals surface area contributed by atoms with Crippen molar-refractivity contribution in [1.29, 1.82) is 0 Å². The van der Waals surface area contributed by atoms with Gasteiger partial charge in [-0.2, -0.15) is 13.2 Å². The highest BCUT2D eigenvalue weighted by molar-refractivity contribution is 9.10. The second-order valence-corrected chi connectivity index (χ2v) is 5.47. The number of hydrogen-bond donors (Lipinski definition) is 0. The van der Waals surface area contributed by atoms with Crippen molar-refractivity contribution in [1.82, 2.24) is 4.90 Å². The van der Waals surface area contributed by atoms with Crippen LogP contribution in [0.1, 0.15) is 22.8 Å². The Balaban J connectivity index is 2.33. The van der Waals surface area contributed by atoms with Crippen molar-refractivity contribution < 1.29 is 22.7 Å². The quantitative estimate of drug-likeness (QED) is 0.776. The Morgan fingerprint density at radius 3 is 2.75 bits per heavy atom. The molecule has 0 N–H and O–H groups in total. The number of morpholine rings is 1. The summed E-state index contributed by atoms with van der Waals surface area (Å²) in [6.07, 6.45) is -4.47. The largest absolute Gasteiger partial charge is 0.416 e. The van der Waals surface area contributed by atoms with E-state index in [1.54, 1.807) is 6.92 Å². The predicted octanol–water partition coefficient (Wildman–Crippen LogP) is 3.33. The first-order valence-electron chi connectivity index (χ1n) is 6.06. The molecule has 1 atom stereocenters. The van der Waals surface area contributed by atoms with Gasteiger partial charge in [0.05, 0.1) is 30.4 Å². The Labute approximate surface area is 122 Å². The maximum Gasteiger partial charge on any atom is 0.416 e. The normalized spacial score (nSPS) is 20.1. The van der Waals surface area contributed by atoms with Crippen LogP contribution in [0.25, 0.3) is 0 Å². The molecule has 0 saturated carbocycles. The van der Waals surface area contributed by atoms with Crippen molar-refractivity contribution in [2.24, 2.45) is 0 Å². The molecule has 3 nitrogen and oxygen atoms in total. The molecule has 0 unspecified atom stereocenters. The maximum absolute atomic E-state index is 12.7. The summed E-state index contributed by atoms with van der Waals surface area (Å²) in [5, 5.41) is 0. The number of amides is 1. The van der Waals surface area contributed by atoms with Crippen molar-refractivity contribution in [3.8, 4) is 0 Å². The molecule has 1 aliphatic rings. The van der Waals surface area contributed by atoms with Gasteiger partial charge in [-0.3, -0.25) is 4.79 Å². The van der Waals surface area contributed by atoms with Crippen LogP contribution in [-0.4, -0.2) is 36.6 Å². The van der Waals surface area contributed by atoms with Gasteiger partial charge < -0.3 is 9.64 Å². The monoisotopic (exact) mass is 351 g/mol. The first-order valence-corrected chi connectivity index (χ1v) is 6.85. The number of nitrogens with zero attached hydrogens (tertiary/aromatic N) is 1. The minimum absolute atomic E-state index is 0.0218. The lowest BCUT2D eigenvalue weighted by molar-refractivity contribution is -0.137. The minimum Gasteiger partial charge on any atom is -0.377 e. The molecule has 2 rings (SSSR count). The van der Waals surface area contributed by atoms with E-state index in [1.165, 1.54) is 11.0 Å². The first kappa shape index (κ1) is 15.3. The van der Waals surface area contributed by atoms with Crippen molar-refractivity contribution in [2.75, 3.05) is 19.8 Å². The van der Waals surface area contributed by atoms with Crippen LogP contribution in [0, 0.1) is 0 Å². The van der Waals surface area contributed by atoms with Gasteiger partial charge in [-0.25, -0.2) is 0 Å². The van der Waals surface area contributed by atoms with Gasteiger partial charge in [0.1, 0.15) is 0 Å². The molecular weight excluding hydrogens is 339 g/mol. The average molecular weight is 352 g/mol. The molecule has 1 heterocycles. The molecule has 110 valence electrons. The Hall–Kier alpha value is -1.08. The zero-order valence-electron chi connectivity index (χ0n) is 10.7. The van der Waals surface area contributed by atoms with Gasteiger partial charge in [0, 0.05) is 11.0 Å². The van der Waals surface area contributed by atoms with E-state index in [-0.39, 0.29) is 11.6 Å². The van der Waals surface area contributed by atoms with E-state index in [9.17, 15) is 18.0 Å². The van der Waals surface area contributed by atoms with Crippen LogP contribution in [0.4, 0.5) is 13.2 Å². The van der Waals surface area contributed by atoms with E-state index in [0.29, 0.717) is 24.2 Å². The van der Waals surface area contributed by atoms with E-state index in [2.05, 4.69) is 15.9 Å². The summed E-state index contributed by atoms with van der Waals surface area (Å²) in [6.45, 7) is 2.97. The summed E-state index contributed by atoms with van der Waals surface area (Å²) in [5.74, 6) is -0.418. The average Bonchev–Trinajstić information content (AvgIpc) is 2.37. The number of alkyl halides is 3.